The third-order valence-corrected chi connectivity index (χ3v) is 6.03. The second-order valence-electron chi connectivity index (χ2n) is 8.80. The Morgan fingerprint density at radius 2 is 1.51 bits per heavy atom. The van der Waals surface area contributed by atoms with E-state index in [4.69, 9.17) is 17.0 Å². The first-order chi connectivity index (χ1) is 16.6. The molecular formula is C26H33F6NOS. The molecule has 2 nitrogen and oxygen atoms in total. The predicted octanol–water partition coefficient (Wildman–Crippen LogP) is 8.55. The quantitative estimate of drug-likeness (QED) is 0.0979. The number of rotatable bonds is 12. The molecule has 9 heteroatoms. The zero-order valence-electron chi connectivity index (χ0n) is 19.7. The molecule has 196 valence electrons. The van der Waals surface area contributed by atoms with Crippen molar-refractivity contribution in [1.82, 2.24) is 5.32 Å². The SMILES string of the molecule is FC(F)(F)c1cc(COCCCCCCC=CC=CC(=S)NC2CCCCC2)cc(C(F)(F)F)c1. The zero-order valence-corrected chi connectivity index (χ0v) is 20.5. The lowest BCUT2D eigenvalue weighted by Crippen LogP contribution is -2.34. The van der Waals surface area contributed by atoms with E-state index in [0.29, 0.717) is 24.6 Å². The van der Waals surface area contributed by atoms with Crippen LogP contribution in [0.15, 0.2) is 42.5 Å². The van der Waals surface area contributed by atoms with Gasteiger partial charge in [0.05, 0.1) is 22.7 Å². The van der Waals surface area contributed by atoms with Crippen LogP contribution in [-0.4, -0.2) is 17.6 Å². The third kappa shape index (κ3) is 12.1. The molecule has 0 heterocycles. The van der Waals surface area contributed by atoms with E-state index in [0.717, 1.165) is 30.7 Å². The van der Waals surface area contributed by atoms with Crippen LogP contribution in [0.4, 0.5) is 26.3 Å². The van der Waals surface area contributed by atoms with Gasteiger partial charge in [0.2, 0.25) is 0 Å². The van der Waals surface area contributed by atoms with Gasteiger partial charge in [0, 0.05) is 12.6 Å². The Kier molecular flexibility index (Phi) is 12.3. The molecule has 35 heavy (non-hydrogen) atoms. The van der Waals surface area contributed by atoms with Crippen molar-refractivity contribution in [2.75, 3.05) is 6.61 Å². The van der Waals surface area contributed by atoms with Gasteiger partial charge in [-0.15, -0.1) is 0 Å². The molecule has 1 fully saturated rings. The first kappa shape index (κ1) is 29.4. The van der Waals surface area contributed by atoms with E-state index in [1.54, 1.807) is 0 Å². The van der Waals surface area contributed by atoms with Crippen LogP contribution in [0.1, 0.15) is 80.9 Å². The number of allylic oxidation sites excluding steroid dienone is 3. The number of benzene rings is 1. The maximum absolute atomic E-state index is 12.9. The Hall–Kier alpha value is -1.87. The summed E-state index contributed by atoms with van der Waals surface area (Å²) in [4.78, 5) is 0.765. The van der Waals surface area contributed by atoms with Crippen LogP contribution in [-0.2, 0) is 23.7 Å². The molecule has 2 rings (SSSR count). The molecule has 0 atom stereocenters. The number of hydrogen-bond donors (Lipinski definition) is 1. The highest BCUT2D eigenvalue weighted by Crippen LogP contribution is 2.36. The monoisotopic (exact) mass is 521 g/mol. The smallest absolute Gasteiger partial charge is 0.377 e. The van der Waals surface area contributed by atoms with Crippen LogP contribution >= 0.6 is 12.2 Å². The summed E-state index contributed by atoms with van der Waals surface area (Å²) in [6.45, 7) is -0.0127. The average Bonchev–Trinajstić information content (AvgIpc) is 2.79. The van der Waals surface area contributed by atoms with E-state index in [-0.39, 0.29) is 24.8 Å². The number of ether oxygens (including phenoxy) is 1. The molecule has 0 bridgehead atoms. The molecule has 0 spiro atoms. The Balaban J connectivity index is 1.57. The van der Waals surface area contributed by atoms with Gasteiger partial charge in [-0.2, -0.15) is 26.3 Å². The summed E-state index contributed by atoms with van der Waals surface area (Å²) in [5, 5.41) is 3.38. The summed E-state index contributed by atoms with van der Waals surface area (Å²) in [6.07, 6.45) is 8.79. The summed E-state index contributed by atoms with van der Waals surface area (Å²) in [6, 6.07) is 2.02. The summed E-state index contributed by atoms with van der Waals surface area (Å²) < 4.78 is 82.7. The Morgan fingerprint density at radius 3 is 2.14 bits per heavy atom. The number of unbranched alkanes of at least 4 members (excludes halogenated alkanes) is 4. The predicted molar refractivity (Wildman–Crippen MR) is 130 cm³/mol. The second kappa shape index (κ2) is 14.6. The fourth-order valence-corrected chi connectivity index (χ4v) is 4.17. The lowest BCUT2D eigenvalue weighted by atomic mass is 9.95. The minimum atomic E-state index is -4.85. The van der Waals surface area contributed by atoms with Gasteiger partial charge in [-0.05, 0) is 61.9 Å². The van der Waals surface area contributed by atoms with Gasteiger partial charge in [-0.1, -0.05) is 62.6 Å². The van der Waals surface area contributed by atoms with Crippen molar-refractivity contribution in [3.8, 4) is 0 Å². The number of halogens is 6. The molecule has 0 unspecified atom stereocenters. The first-order valence-corrected chi connectivity index (χ1v) is 12.5. The summed E-state index contributed by atoms with van der Waals surface area (Å²) in [5.41, 5.74) is -2.79. The molecule has 1 aromatic carbocycles. The van der Waals surface area contributed by atoms with Crippen molar-refractivity contribution in [3.63, 3.8) is 0 Å². The van der Waals surface area contributed by atoms with Crippen LogP contribution in [0.3, 0.4) is 0 Å². The van der Waals surface area contributed by atoms with Gasteiger partial charge < -0.3 is 10.1 Å². The van der Waals surface area contributed by atoms with Crippen molar-refractivity contribution in [2.24, 2.45) is 0 Å². The zero-order chi connectivity index (χ0) is 25.7. The van der Waals surface area contributed by atoms with Crippen molar-refractivity contribution < 1.29 is 31.1 Å². The standard InChI is InChI=1S/C26H33F6NOS/c27-25(28,29)21-16-20(17-22(18-21)26(30,31)32)19-34-15-11-6-4-2-1-3-5-10-14-24(35)33-23-12-8-7-9-13-23/h3,5,10,14,16-18,23H,1-2,4,6-9,11-13,15,19H2,(H,33,35). The minimum Gasteiger partial charge on any atom is -0.377 e. The summed E-state index contributed by atoms with van der Waals surface area (Å²) >= 11 is 5.34. The lowest BCUT2D eigenvalue weighted by Gasteiger charge is -2.23. The van der Waals surface area contributed by atoms with Gasteiger partial charge in [0.15, 0.2) is 0 Å². The van der Waals surface area contributed by atoms with Crippen molar-refractivity contribution in [1.29, 1.82) is 0 Å². The van der Waals surface area contributed by atoms with Crippen molar-refractivity contribution in [3.05, 3.63) is 59.2 Å². The van der Waals surface area contributed by atoms with Crippen LogP contribution in [0, 0.1) is 0 Å². The van der Waals surface area contributed by atoms with E-state index in [1.165, 1.54) is 32.1 Å². The first-order valence-electron chi connectivity index (χ1n) is 12.1. The van der Waals surface area contributed by atoms with Crippen LogP contribution in [0.5, 0.6) is 0 Å². The molecular weight excluding hydrogens is 488 g/mol. The number of nitrogens with one attached hydrogen (secondary N) is 1. The fourth-order valence-electron chi connectivity index (χ4n) is 3.93. The Labute approximate surface area is 208 Å². The average molecular weight is 522 g/mol. The molecule has 1 N–H and O–H groups in total. The Bertz CT molecular complexity index is 809. The maximum Gasteiger partial charge on any atom is 0.416 e. The van der Waals surface area contributed by atoms with Crippen LogP contribution in [0.2, 0.25) is 0 Å². The van der Waals surface area contributed by atoms with Crippen molar-refractivity contribution >= 4 is 17.2 Å². The molecule has 0 aromatic heterocycles. The second-order valence-corrected chi connectivity index (χ2v) is 9.24. The van der Waals surface area contributed by atoms with E-state index < -0.39 is 23.5 Å². The molecule has 0 aliphatic heterocycles. The van der Waals surface area contributed by atoms with Gasteiger partial charge in [-0.3, -0.25) is 0 Å². The summed E-state index contributed by atoms with van der Waals surface area (Å²) in [7, 11) is 0. The largest absolute Gasteiger partial charge is 0.416 e. The number of hydrogen-bond acceptors (Lipinski definition) is 2. The molecule has 0 saturated heterocycles. The topological polar surface area (TPSA) is 21.3 Å². The minimum absolute atomic E-state index is 0.121. The Morgan fingerprint density at radius 1 is 0.886 bits per heavy atom. The van der Waals surface area contributed by atoms with Gasteiger partial charge in [-0.25, -0.2) is 0 Å². The van der Waals surface area contributed by atoms with Gasteiger partial charge in [0.1, 0.15) is 0 Å². The molecule has 0 radical (unpaired) electrons. The molecule has 1 saturated carbocycles. The van der Waals surface area contributed by atoms with Crippen LogP contribution < -0.4 is 5.32 Å². The molecule has 0 amide bonds. The van der Waals surface area contributed by atoms with E-state index >= 15 is 0 Å². The third-order valence-electron chi connectivity index (χ3n) is 5.77. The summed E-state index contributed by atoms with van der Waals surface area (Å²) in [5.74, 6) is 0. The van der Waals surface area contributed by atoms with Crippen molar-refractivity contribution in [2.45, 2.75) is 89.2 Å². The molecule has 1 aliphatic carbocycles. The fraction of sp³-hybridized carbons (Fsp3) is 0.577. The van der Waals surface area contributed by atoms with Gasteiger partial charge in [0.25, 0.3) is 0 Å². The van der Waals surface area contributed by atoms with E-state index in [9.17, 15) is 26.3 Å². The number of alkyl halides is 6. The van der Waals surface area contributed by atoms with Gasteiger partial charge >= 0.3 is 12.4 Å². The highest BCUT2D eigenvalue weighted by Gasteiger charge is 2.36. The normalized spacial score (nSPS) is 15.8. The lowest BCUT2D eigenvalue weighted by molar-refractivity contribution is -0.143. The number of thiocarbonyl (C=S) groups is 1. The van der Waals surface area contributed by atoms with Crippen LogP contribution in [0.25, 0.3) is 0 Å². The highest BCUT2D eigenvalue weighted by molar-refractivity contribution is 7.80. The van der Waals surface area contributed by atoms with E-state index in [1.807, 2.05) is 18.2 Å². The van der Waals surface area contributed by atoms with E-state index in [2.05, 4.69) is 11.4 Å². The molecule has 1 aromatic rings. The maximum atomic E-state index is 12.9. The molecule has 1 aliphatic rings. The highest BCUT2D eigenvalue weighted by atomic mass is 32.1.